The summed E-state index contributed by atoms with van der Waals surface area (Å²) in [4.78, 5) is 26.2. The van der Waals surface area contributed by atoms with E-state index in [2.05, 4.69) is 6.92 Å². The molecular formula is C23H31NO4S3. The van der Waals surface area contributed by atoms with E-state index in [1.54, 1.807) is 17.8 Å². The molecule has 1 atom stereocenters. The Hall–Kier alpha value is -1.51. The highest BCUT2D eigenvalue weighted by Crippen LogP contribution is 2.35. The lowest BCUT2D eigenvalue weighted by Crippen LogP contribution is -2.44. The molecule has 0 saturated carbocycles. The molecule has 1 heterocycles. The predicted molar refractivity (Wildman–Crippen MR) is 135 cm³/mol. The van der Waals surface area contributed by atoms with E-state index in [0.29, 0.717) is 28.0 Å². The van der Waals surface area contributed by atoms with Crippen LogP contribution in [0.1, 0.15) is 57.4 Å². The summed E-state index contributed by atoms with van der Waals surface area (Å²) in [5.74, 6) is 0.0828. The normalized spacial score (nSPS) is 16.2. The van der Waals surface area contributed by atoms with Crippen molar-refractivity contribution in [3.05, 3.63) is 34.7 Å². The molecule has 1 aromatic carbocycles. The third kappa shape index (κ3) is 8.16. The third-order valence-corrected chi connectivity index (χ3v) is 6.93. The van der Waals surface area contributed by atoms with Crippen LogP contribution in [0.2, 0.25) is 0 Å². The average molecular weight is 482 g/mol. The van der Waals surface area contributed by atoms with Crippen molar-refractivity contribution in [2.24, 2.45) is 0 Å². The van der Waals surface area contributed by atoms with Crippen LogP contribution in [0.25, 0.3) is 6.08 Å². The minimum absolute atomic E-state index is 0.295. The second-order valence-electron chi connectivity index (χ2n) is 7.37. The minimum atomic E-state index is -1.03. The summed E-state index contributed by atoms with van der Waals surface area (Å²) in [6.45, 7) is 2.92. The highest BCUT2D eigenvalue weighted by Gasteiger charge is 2.40. The largest absolute Gasteiger partial charge is 0.494 e. The second-order valence-corrected chi connectivity index (χ2v) is 10.0. The standard InChI is InChI=1S/C23H31NO4S3/c1-3-4-5-6-7-8-14-28-18-11-9-17(10-12-18)16-20-21(25)24(23(29)31-20)19(22(26)27)13-15-30-2/h9-12,16,19H,3-8,13-15H2,1-2H3,(H,26,27). The molecule has 1 aliphatic heterocycles. The molecule has 170 valence electrons. The summed E-state index contributed by atoms with van der Waals surface area (Å²) in [7, 11) is 0. The fourth-order valence-electron chi connectivity index (χ4n) is 3.23. The van der Waals surface area contributed by atoms with Gasteiger partial charge in [0.1, 0.15) is 16.1 Å². The summed E-state index contributed by atoms with van der Waals surface area (Å²) < 4.78 is 6.09. The van der Waals surface area contributed by atoms with Crippen molar-refractivity contribution in [1.29, 1.82) is 0 Å². The van der Waals surface area contributed by atoms with E-state index in [1.165, 1.54) is 37.0 Å². The first-order valence-electron chi connectivity index (χ1n) is 10.7. The van der Waals surface area contributed by atoms with Gasteiger partial charge in [0.15, 0.2) is 0 Å². The molecule has 1 unspecified atom stereocenters. The summed E-state index contributed by atoms with van der Waals surface area (Å²) in [6.07, 6.45) is 11.4. The number of carbonyl (C=O) groups excluding carboxylic acids is 1. The smallest absolute Gasteiger partial charge is 0.326 e. The first kappa shape index (κ1) is 25.7. The van der Waals surface area contributed by atoms with Crippen LogP contribution in [-0.2, 0) is 9.59 Å². The van der Waals surface area contributed by atoms with Crippen LogP contribution in [0.15, 0.2) is 29.2 Å². The molecule has 8 heteroatoms. The van der Waals surface area contributed by atoms with Crippen molar-refractivity contribution in [3.63, 3.8) is 0 Å². The van der Waals surface area contributed by atoms with Gasteiger partial charge in [0, 0.05) is 0 Å². The topological polar surface area (TPSA) is 66.8 Å². The number of carbonyl (C=O) groups is 2. The van der Waals surface area contributed by atoms with E-state index in [9.17, 15) is 14.7 Å². The number of hydrogen-bond donors (Lipinski definition) is 1. The molecule has 1 N–H and O–H groups in total. The van der Waals surface area contributed by atoms with E-state index in [4.69, 9.17) is 17.0 Å². The van der Waals surface area contributed by atoms with Crippen LogP contribution in [0.3, 0.4) is 0 Å². The van der Waals surface area contributed by atoms with Gasteiger partial charge in [-0.25, -0.2) is 4.79 Å². The van der Waals surface area contributed by atoms with Crippen LogP contribution in [0.4, 0.5) is 0 Å². The zero-order chi connectivity index (χ0) is 22.6. The Morgan fingerprint density at radius 1 is 1.23 bits per heavy atom. The molecule has 2 rings (SSSR count). The number of carboxylic acid groups (broad SMARTS) is 1. The van der Waals surface area contributed by atoms with E-state index in [0.717, 1.165) is 29.5 Å². The van der Waals surface area contributed by atoms with Gasteiger partial charge in [-0.05, 0) is 48.6 Å². The first-order chi connectivity index (χ1) is 15.0. The number of nitrogens with zero attached hydrogens (tertiary/aromatic N) is 1. The van der Waals surface area contributed by atoms with Crippen LogP contribution in [0.5, 0.6) is 5.75 Å². The summed E-state index contributed by atoms with van der Waals surface area (Å²) >= 11 is 8.01. The Kier molecular flexibility index (Phi) is 11.5. The van der Waals surface area contributed by atoms with E-state index in [-0.39, 0.29) is 5.91 Å². The summed E-state index contributed by atoms with van der Waals surface area (Å²) in [5.41, 5.74) is 0.850. The number of amides is 1. The van der Waals surface area contributed by atoms with Gasteiger partial charge in [0.05, 0.1) is 11.5 Å². The molecule has 0 bridgehead atoms. The maximum absolute atomic E-state index is 12.8. The highest BCUT2D eigenvalue weighted by atomic mass is 32.2. The Morgan fingerprint density at radius 3 is 2.55 bits per heavy atom. The van der Waals surface area contributed by atoms with Crippen molar-refractivity contribution in [3.8, 4) is 5.75 Å². The Balaban J connectivity index is 1.92. The summed E-state index contributed by atoms with van der Waals surface area (Å²) in [5, 5.41) is 9.54. The Morgan fingerprint density at radius 2 is 1.90 bits per heavy atom. The van der Waals surface area contributed by atoms with Crippen LogP contribution < -0.4 is 4.74 Å². The maximum atomic E-state index is 12.8. The molecule has 1 saturated heterocycles. The van der Waals surface area contributed by atoms with Gasteiger partial charge in [-0.3, -0.25) is 9.69 Å². The molecule has 0 radical (unpaired) electrons. The first-order valence-corrected chi connectivity index (χ1v) is 13.3. The second kappa shape index (κ2) is 13.8. The zero-order valence-corrected chi connectivity index (χ0v) is 20.6. The van der Waals surface area contributed by atoms with Gasteiger partial charge < -0.3 is 9.84 Å². The fraction of sp³-hybridized carbons (Fsp3) is 0.522. The molecule has 5 nitrogen and oxygen atoms in total. The molecule has 1 aliphatic rings. The van der Waals surface area contributed by atoms with Crippen molar-refractivity contribution in [2.75, 3.05) is 18.6 Å². The van der Waals surface area contributed by atoms with Gasteiger partial charge in [0.2, 0.25) is 0 Å². The average Bonchev–Trinajstić information content (AvgIpc) is 3.02. The van der Waals surface area contributed by atoms with E-state index >= 15 is 0 Å². The predicted octanol–water partition coefficient (Wildman–Crippen LogP) is 5.83. The quantitative estimate of drug-likeness (QED) is 0.204. The Labute approximate surface area is 199 Å². The number of carboxylic acids is 1. The van der Waals surface area contributed by atoms with Gasteiger partial charge >= 0.3 is 5.97 Å². The minimum Gasteiger partial charge on any atom is -0.494 e. The SMILES string of the molecule is CCCCCCCCOc1ccc(C=C2SC(=S)N(C(CCSC)C(=O)O)C2=O)cc1. The van der Waals surface area contributed by atoms with Crippen molar-refractivity contribution in [1.82, 2.24) is 4.90 Å². The van der Waals surface area contributed by atoms with Crippen LogP contribution in [-0.4, -0.2) is 50.9 Å². The van der Waals surface area contributed by atoms with Gasteiger partial charge in [-0.15, -0.1) is 0 Å². The molecular weight excluding hydrogens is 450 g/mol. The number of unbranched alkanes of at least 4 members (excludes halogenated alkanes) is 5. The number of aliphatic carboxylic acids is 1. The number of hydrogen-bond acceptors (Lipinski definition) is 6. The summed E-state index contributed by atoms with van der Waals surface area (Å²) in [6, 6.07) is 6.64. The Bertz CT molecular complexity index is 780. The van der Waals surface area contributed by atoms with Gasteiger partial charge in [-0.2, -0.15) is 11.8 Å². The van der Waals surface area contributed by atoms with Crippen LogP contribution >= 0.6 is 35.7 Å². The van der Waals surface area contributed by atoms with Crippen molar-refractivity contribution in [2.45, 2.75) is 57.9 Å². The number of rotatable bonds is 14. The molecule has 31 heavy (non-hydrogen) atoms. The number of benzene rings is 1. The monoisotopic (exact) mass is 481 g/mol. The third-order valence-electron chi connectivity index (χ3n) is 4.96. The highest BCUT2D eigenvalue weighted by molar-refractivity contribution is 8.26. The molecule has 1 amide bonds. The molecule has 0 spiro atoms. The van der Waals surface area contributed by atoms with Gasteiger partial charge in [0.25, 0.3) is 5.91 Å². The molecule has 0 aliphatic carbocycles. The maximum Gasteiger partial charge on any atom is 0.326 e. The molecule has 1 aromatic rings. The van der Waals surface area contributed by atoms with Crippen LogP contribution in [0, 0.1) is 0 Å². The van der Waals surface area contributed by atoms with Crippen molar-refractivity contribution < 1.29 is 19.4 Å². The number of thiocarbonyl (C=S) groups is 1. The lowest BCUT2D eigenvalue weighted by molar-refractivity contribution is -0.145. The van der Waals surface area contributed by atoms with Gasteiger partial charge in [-0.1, -0.05) is 75.1 Å². The molecule has 0 aromatic heterocycles. The van der Waals surface area contributed by atoms with E-state index in [1.807, 2.05) is 30.5 Å². The lowest BCUT2D eigenvalue weighted by Gasteiger charge is -2.22. The fourth-order valence-corrected chi connectivity index (χ4v) is 5.04. The zero-order valence-electron chi connectivity index (χ0n) is 18.2. The molecule has 1 fully saturated rings. The van der Waals surface area contributed by atoms with E-state index < -0.39 is 12.0 Å². The van der Waals surface area contributed by atoms with Crippen molar-refractivity contribution >= 4 is 58.0 Å². The number of ether oxygens (including phenoxy) is 1. The number of thioether (sulfide) groups is 2. The lowest BCUT2D eigenvalue weighted by atomic mass is 10.1.